The first kappa shape index (κ1) is 12.5. The molecule has 4 nitrogen and oxygen atoms in total. The average Bonchev–Trinajstić information content (AvgIpc) is 2.87. The van der Waals surface area contributed by atoms with Gasteiger partial charge < -0.3 is 15.8 Å². The lowest BCUT2D eigenvalue weighted by Gasteiger charge is -2.12. The van der Waals surface area contributed by atoms with Crippen molar-refractivity contribution in [2.24, 2.45) is 0 Å². The molecular formula is C16H16N2O2. The first-order valence-corrected chi connectivity index (χ1v) is 6.55. The van der Waals surface area contributed by atoms with Gasteiger partial charge in [-0.3, -0.25) is 4.79 Å². The number of para-hydroxylation sites is 1. The zero-order valence-electron chi connectivity index (χ0n) is 11.2. The minimum absolute atomic E-state index is 0.134. The highest BCUT2D eigenvalue weighted by Gasteiger charge is 2.28. The van der Waals surface area contributed by atoms with Crippen molar-refractivity contribution in [3.63, 3.8) is 0 Å². The fraction of sp³-hybridized carbons (Fsp3) is 0.188. The summed E-state index contributed by atoms with van der Waals surface area (Å²) < 4.78 is 5.66. The summed E-state index contributed by atoms with van der Waals surface area (Å²) in [7, 11) is 0. The molecule has 0 saturated heterocycles. The highest BCUT2D eigenvalue weighted by atomic mass is 16.5. The van der Waals surface area contributed by atoms with Crippen LogP contribution in [0.5, 0.6) is 5.75 Å². The van der Waals surface area contributed by atoms with Crippen LogP contribution in [0, 0.1) is 6.92 Å². The van der Waals surface area contributed by atoms with Crippen LogP contribution in [0.25, 0.3) is 0 Å². The van der Waals surface area contributed by atoms with Gasteiger partial charge in [-0.2, -0.15) is 0 Å². The van der Waals surface area contributed by atoms with E-state index in [0.29, 0.717) is 12.1 Å². The molecule has 1 amide bonds. The molecule has 0 aromatic heterocycles. The summed E-state index contributed by atoms with van der Waals surface area (Å²) in [6, 6.07) is 13.2. The zero-order chi connectivity index (χ0) is 14.1. The van der Waals surface area contributed by atoms with E-state index in [0.717, 1.165) is 22.6 Å². The Morgan fingerprint density at radius 3 is 2.85 bits per heavy atom. The van der Waals surface area contributed by atoms with Crippen LogP contribution in [0.2, 0.25) is 0 Å². The number of anilines is 2. The fourth-order valence-electron chi connectivity index (χ4n) is 2.30. The van der Waals surface area contributed by atoms with E-state index in [1.165, 1.54) is 0 Å². The minimum Gasteiger partial charge on any atom is -0.480 e. The van der Waals surface area contributed by atoms with Gasteiger partial charge in [-0.1, -0.05) is 18.2 Å². The molecule has 102 valence electrons. The van der Waals surface area contributed by atoms with Crippen LogP contribution in [0.3, 0.4) is 0 Å². The number of aryl methyl sites for hydroxylation is 1. The molecule has 0 spiro atoms. The number of benzene rings is 2. The summed E-state index contributed by atoms with van der Waals surface area (Å²) >= 11 is 0. The van der Waals surface area contributed by atoms with Gasteiger partial charge in [-0.25, -0.2) is 0 Å². The van der Waals surface area contributed by atoms with E-state index in [9.17, 15) is 4.79 Å². The maximum Gasteiger partial charge on any atom is 0.265 e. The van der Waals surface area contributed by atoms with Crippen LogP contribution in [-0.4, -0.2) is 12.0 Å². The van der Waals surface area contributed by atoms with Crippen LogP contribution < -0.4 is 15.8 Å². The van der Waals surface area contributed by atoms with E-state index >= 15 is 0 Å². The Bertz CT molecular complexity index is 642. The van der Waals surface area contributed by atoms with Crippen molar-refractivity contribution in [1.29, 1.82) is 0 Å². The standard InChI is InChI=1S/C16H16N2O2/c1-10-8-12(6-7-13(10)17)18-16(19)15-9-11-4-2-3-5-14(11)20-15/h2-8,15H,9,17H2,1H3,(H,18,19). The van der Waals surface area contributed by atoms with Gasteiger partial charge in [0.15, 0.2) is 6.10 Å². The molecule has 1 aliphatic rings. The SMILES string of the molecule is Cc1cc(NC(=O)C2Cc3ccccc3O2)ccc1N. The molecule has 0 bridgehead atoms. The van der Waals surface area contributed by atoms with Gasteiger partial charge in [0.25, 0.3) is 5.91 Å². The minimum atomic E-state index is -0.467. The Balaban J connectivity index is 1.71. The van der Waals surface area contributed by atoms with Crippen molar-refractivity contribution >= 4 is 17.3 Å². The number of nitrogens with one attached hydrogen (secondary N) is 1. The Morgan fingerprint density at radius 2 is 2.10 bits per heavy atom. The highest BCUT2D eigenvalue weighted by molar-refractivity contribution is 5.95. The zero-order valence-corrected chi connectivity index (χ0v) is 11.2. The first-order valence-electron chi connectivity index (χ1n) is 6.55. The maximum absolute atomic E-state index is 12.2. The average molecular weight is 268 g/mol. The van der Waals surface area contributed by atoms with E-state index in [2.05, 4.69) is 5.32 Å². The molecule has 2 aromatic rings. The summed E-state index contributed by atoms with van der Waals surface area (Å²) in [6.45, 7) is 1.91. The first-order chi connectivity index (χ1) is 9.63. The largest absolute Gasteiger partial charge is 0.480 e. The van der Waals surface area contributed by atoms with Crippen molar-refractivity contribution in [1.82, 2.24) is 0 Å². The van der Waals surface area contributed by atoms with Gasteiger partial charge in [0.05, 0.1) is 0 Å². The number of carbonyl (C=O) groups is 1. The molecule has 0 aliphatic carbocycles. The normalized spacial score (nSPS) is 16.4. The monoisotopic (exact) mass is 268 g/mol. The molecule has 1 unspecified atom stereocenters. The van der Waals surface area contributed by atoms with Gasteiger partial charge in [-0.05, 0) is 42.3 Å². The third-order valence-electron chi connectivity index (χ3n) is 3.48. The molecule has 1 atom stereocenters. The molecule has 4 heteroatoms. The number of carbonyl (C=O) groups excluding carboxylic acids is 1. The molecule has 1 aliphatic heterocycles. The Kier molecular flexibility index (Phi) is 3.06. The number of hydrogen-bond donors (Lipinski definition) is 2. The Morgan fingerprint density at radius 1 is 1.30 bits per heavy atom. The molecule has 0 saturated carbocycles. The van der Waals surface area contributed by atoms with Gasteiger partial charge >= 0.3 is 0 Å². The second-order valence-corrected chi connectivity index (χ2v) is 4.98. The van der Waals surface area contributed by atoms with E-state index in [4.69, 9.17) is 10.5 Å². The van der Waals surface area contributed by atoms with Crippen molar-refractivity contribution < 1.29 is 9.53 Å². The van der Waals surface area contributed by atoms with Crippen LogP contribution >= 0.6 is 0 Å². The van der Waals surface area contributed by atoms with Crippen LogP contribution in [0.15, 0.2) is 42.5 Å². The number of ether oxygens (including phenoxy) is 1. The number of rotatable bonds is 2. The van der Waals surface area contributed by atoms with Gasteiger partial charge in [0.2, 0.25) is 0 Å². The quantitative estimate of drug-likeness (QED) is 0.823. The van der Waals surface area contributed by atoms with Crippen LogP contribution in [-0.2, 0) is 11.2 Å². The topological polar surface area (TPSA) is 64.3 Å². The molecule has 2 aromatic carbocycles. The van der Waals surface area contributed by atoms with E-state index in [1.54, 1.807) is 12.1 Å². The number of amides is 1. The molecule has 3 N–H and O–H groups in total. The predicted octanol–water partition coefficient (Wildman–Crippen LogP) is 2.52. The molecular weight excluding hydrogens is 252 g/mol. The number of fused-ring (bicyclic) bond motifs is 1. The second-order valence-electron chi connectivity index (χ2n) is 4.98. The fourth-order valence-corrected chi connectivity index (χ4v) is 2.30. The summed E-state index contributed by atoms with van der Waals surface area (Å²) in [5, 5.41) is 2.87. The lowest BCUT2D eigenvalue weighted by Crippen LogP contribution is -2.31. The number of hydrogen-bond acceptors (Lipinski definition) is 3. The van der Waals surface area contributed by atoms with Gasteiger partial charge in [0, 0.05) is 17.8 Å². The van der Waals surface area contributed by atoms with Crippen LogP contribution in [0.1, 0.15) is 11.1 Å². The van der Waals surface area contributed by atoms with Crippen molar-refractivity contribution in [2.45, 2.75) is 19.4 Å². The Hall–Kier alpha value is -2.49. The lowest BCUT2D eigenvalue weighted by molar-refractivity contribution is -0.122. The summed E-state index contributed by atoms with van der Waals surface area (Å²) in [5.41, 5.74) is 9.23. The smallest absolute Gasteiger partial charge is 0.265 e. The molecule has 0 fully saturated rings. The van der Waals surface area contributed by atoms with E-state index < -0.39 is 6.10 Å². The number of nitrogens with two attached hydrogens (primary N) is 1. The number of nitrogen functional groups attached to an aromatic ring is 1. The third kappa shape index (κ3) is 2.32. The van der Waals surface area contributed by atoms with Crippen LogP contribution in [0.4, 0.5) is 11.4 Å². The maximum atomic E-state index is 12.2. The van der Waals surface area contributed by atoms with Crippen molar-refractivity contribution in [2.75, 3.05) is 11.1 Å². The van der Waals surface area contributed by atoms with Gasteiger partial charge in [0.1, 0.15) is 5.75 Å². The van der Waals surface area contributed by atoms with Gasteiger partial charge in [-0.15, -0.1) is 0 Å². The lowest BCUT2D eigenvalue weighted by atomic mass is 10.1. The van der Waals surface area contributed by atoms with E-state index in [-0.39, 0.29) is 5.91 Å². The second kappa shape index (κ2) is 4.89. The molecule has 0 radical (unpaired) electrons. The molecule has 1 heterocycles. The summed E-state index contributed by atoms with van der Waals surface area (Å²) in [4.78, 5) is 12.2. The van der Waals surface area contributed by atoms with Crippen molar-refractivity contribution in [3.05, 3.63) is 53.6 Å². The molecule has 20 heavy (non-hydrogen) atoms. The Labute approximate surface area is 117 Å². The highest BCUT2D eigenvalue weighted by Crippen LogP contribution is 2.28. The molecule has 3 rings (SSSR count). The summed E-state index contributed by atoms with van der Waals surface area (Å²) in [6.07, 6.45) is 0.140. The predicted molar refractivity (Wildman–Crippen MR) is 78.8 cm³/mol. The van der Waals surface area contributed by atoms with Crippen molar-refractivity contribution in [3.8, 4) is 5.75 Å². The summed E-state index contributed by atoms with van der Waals surface area (Å²) in [5.74, 6) is 0.659. The third-order valence-corrected chi connectivity index (χ3v) is 3.48. The van der Waals surface area contributed by atoms with E-state index in [1.807, 2.05) is 37.3 Å².